The first-order chi connectivity index (χ1) is 9.42. The van der Waals surface area contributed by atoms with E-state index in [9.17, 15) is 8.42 Å². The van der Waals surface area contributed by atoms with Gasteiger partial charge in [0.2, 0.25) is 0 Å². The quantitative estimate of drug-likeness (QED) is 0.933. The van der Waals surface area contributed by atoms with E-state index in [-0.39, 0.29) is 26.5 Å². The summed E-state index contributed by atoms with van der Waals surface area (Å²) in [6, 6.07) is 5.72. The lowest BCUT2D eigenvalue weighted by molar-refractivity contribution is 0.601. The summed E-state index contributed by atoms with van der Waals surface area (Å²) >= 11 is 11.5. The first kappa shape index (κ1) is 14.5. The number of benzene rings is 1. The van der Waals surface area contributed by atoms with Gasteiger partial charge >= 0.3 is 0 Å². The third-order valence-electron chi connectivity index (χ3n) is 2.19. The minimum Gasteiger partial charge on any atom is -0.262 e. The van der Waals surface area contributed by atoms with Crippen LogP contribution in [0.1, 0.15) is 5.56 Å². The number of anilines is 1. The van der Waals surface area contributed by atoms with Gasteiger partial charge in [-0.3, -0.25) is 9.71 Å². The van der Waals surface area contributed by atoms with Gasteiger partial charge in [-0.15, -0.1) is 0 Å². The fraction of sp³-hybridized carbons (Fsp3) is 0. The summed E-state index contributed by atoms with van der Waals surface area (Å²) in [7, 11) is -3.94. The zero-order valence-electron chi connectivity index (χ0n) is 9.71. The molecule has 20 heavy (non-hydrogen) atoms. The summed E-state index contributed by atoms with van der Waals surface area (Å²) in [6.07, 6.45) is 2.48. The second kappa shape index (κ2) is 5.63. The molecule has 0 amide bonds. The SMILES string of the molecule is N#Cc1ccc(S(=O)(=O)Nc2cncc(Cl)n2)c(Cl)c1. The minimum atomic E-state index is -3.94. The predicted octanol–water partition coefficient (Wildman–Crippen LogP) is 2.46. The highest BCUT2D eigenvalue weighted by atomic mass is 35.5. The van der Waals surface area contributed by atoms with E-state index in [2.05, 4.69) is 14.7 Å². The molecular formula is C11H6Cl2N4O2S. The van der Waals surface area contributed by atoms with Crippen LogP contribution in [0, 0.1) is 11.3 Å². The van der Waals surface area contributed by atoms with E-state index in [4.69, 9.17) is 28.5 Å². The maximum Gasteiger partial charge on any atom is 0.264 e. The zero-order valence-corrected chi connectivity index (χ0v) is 12.0. The van der Waals surface area contributed by atoms with E-state index in [1.54, 1.807) is 0 Å². The lowest BCUT2D eigenvalue weighted by atomic mass is 10.2. The molecule has 0 atom stereocenters. The smallest absolute Gasteiger partial charge is 0.262 e. The third kappa shape index (κ3) is 3.17. The van der Waals surface area contributed by atoms with Crippen molar-refractivity contribution in [1.29, 1.82) is 5.26 Å². The first-order valence-corrected chi connectivity index (χ1v) is 7.36. The van der Waals surface area contributed by atoms with E-state index < -0.39 is 10.0 Å². The Labute approximate surface area is 125 Å². The molecule has 1 N–H and O–H groups in total. The predicted molar refractivity (Wildman–Crippen MR) is 74.0 cm³/mol. The van der Waals surface area contributed by atoms with Crippen LogP contribution in [0.3, 0.4) is 0 Å². The number of hydrogen-bond acceptors (Lipinski definition) is 5. The normalized spacial score (nSPS) is 10.8. The second-order valence-electron chi connectivity index (χ2n) is 3.59. The molecule has 0 saturated carbocycles. The monoisotopic (exact) mass is 328 g/mol. The summed E-state index contributed by atoms with van der Waals surface area (Å²) < 4.78 is 26.5. The van der Waals surface area contributed by atoms with Gasteiger partial charge in [0.15, 0.2) is 5.82 Å². The van der Waals surface area contributed by atoms with Crippen molar-refractivity contribution in [2.75, 3.05) is 4.72 Å². The van der Waals surface area contributed by atoms with Crippen LogP contribution in [-0.2, 0) is 10.0 Å². The molecule has 9 heteroatoms. The Morgan fingerprint density at radius 2 is 2.00 bits per heavy atom. The summed E-state index contributed by atoms with van der Waals surface area (Å²) in [4.78, 5) is 7.31. The fourth-order valence-corrected chi connectivity index (χ4v) is 3.05. The molecule has 0 bridgehead atoms. The Morgan fingerprint density at radius 1 is 1.25 bits per heavy atom. The number of nitriles is 1. The molecule has 1 aromatic carbocycles. The van der Waals surface area contributed by atoms with Gasteiger partial charge in [0.05, 0.1) is 29.0 Å². The van der Waals surface area contributed by atoms with Crippen molar-refractivity contribution in [2.24, 2.45) is 0 Å². The molecule has 0 aliphatic heterocycles. The molecule has 6 nitrogen and oxygen atoms in total. The Kier molecular flexibility index (Phi) is 4.09. The maximum atomic E-state index is 12.1. The molecule has 0 spiro atoms. The van der Waals surface area contributed by atoms with Gasteiger partial charge in [-0.1, -0.05) is 23.2 Å². The first-order valence-electron chi connectivity index (χ1n) is 5.12. The van der Waals surface area contributed by atoms with E-state index in [0.717, 1.165) is 0 Å². The molecular weight excluding hydrogens is 323 g/mol. The average Bonchev–Trinajstić information content (AvgIpc) is 2.37. The highest BCUT2D eigenvalue weighted by Gasteiger charge is 2.19. The Hall–Kier alpha value is -1.88. The molecule has 0 unspecified atom stereocenters. The van der Waals surface area contributed by atoms with Crippen LogP contribution in [0.5, 0.6) is 0 Å². The van der Waals surface area contributed by atoms with Crippen LogP contribution in [0.25, 0.3) is 0 Å². The number of halogens is 2. The van der Waals surface area contributed by atoms with E-state index in [0.29, 0.717) is 0 Å². The Bertz CT molecular complexity index is 802. The van der Waals surface area contributed by atoms with Crippen LogP contribution >= 0.6 is 23.2 Å². The van der Waals surface area contributed by atoms with Crippen molar-refractivity contribution >= 4 is 39.0 Å². The van der Waals surface area contributed by atoms with Crippen molar-refractivity contribution in [3.05, 3.63) is 46.3 Å². The van der Waals surface area contributed by atoms with E-state index in [1.165, 1.54) is 30.6 Å². The molecule has 0 aliphatic carbocycles. The average molecular weight is 329 g/mol. The lowest BCUT2D eigenvalue weighted by Crippen LogP contribution is -2.14. The highest BCUT2D eigenvalue weighted by Crippen LogP contribution is 2.24. The van der Waals surface area contributed by atoms with Gasteiger partial charge < -0.3 is 0 Å². The molecule has 0 fully saturated rings. The fourth-order valence-electron chi connectivity index (χ4n) is 1.37. The van der Waals surface area contributed by atoms with Crippen molar-refractivity contribution < 1.29 is 8.42 Å². The highest BCUT2D eigenvalue weighted by molar-refractivity contribution is 7.92. The van der Waals surface area contributed by atoms with E-state index >= 15 is 0 Å². The number of sulfonamides is 1. The molecule has 0 aliphatic rings. The van der Waals surface area contributed by atoms with Crippen molar-refractivity contribution in [3.8, 4) is 6.07 Å². The number of nitrogens with zero attached hydrogens (tertiary/aromatic N) is 3. The van der Waals surface area contributed by atoms with Gasteiger partial charge in [-0.25, -0.2) is 13.4 Å². The van der Waals surface area contributed by atoms with Gasteiger partial charge in [0, 0.05) is 0 Å². The topological polar surface area (TPSA) is 95.7 Å². The van der Waals surface area contributed by atoms with Crippen molar-refractivity contribution in [2.45, 2.75) is 4.90 Å². The van der Waals surface area contributed by atoms with Crippen molar-refractivity contribution in [3.63, 3.8) is 0 Å². The van der Waals surface area contributed by atoms with Gasteiger partial charge in [-0.05, 0) is 18.2 Å². The van der Waals surface area contributed by atoms with Crippen LogP contribution in [0.4, 0.5) is 5.82 Å². The van der Waals surface area contributed by atoms with Crippen LogP contribution in [0.15, 0.2) is 35.5 Å². The number of hydrogen-bond donors (Lipinski definition) is 1. The summed E-state index contributed by atoms with van der Waals surface area (Å²) in [5.74, 6) is -0.0297. The molecule has 102 valence electrons. The number of rotatable bonds is 3. The van der Waals surface area contributed by atoms with Gasteiger partial charge in [0.1, 0.15) is 10.0 Å². The largest absolute Gasteiger partial charge is 0.264 e. The Balaban J connectivity index is 2.39. The minimum absolute atomic E-state index is 0.0297. The summed E-state index contributed by atoms with van der Waals surface area (Å²) in [5.41, 5.74) is 0.261. The lowest BCUT2D eigenvalue weighted by Gasteiger charge is -2.08. The maximum absolute atomic E-state index is 12.1. The van der Waals surface area contributed by atoms with Crippen molar-refractivity contribution in [1.82, 2.24) is 9.97 Å². The summed E-state index contributed by atoms with van der Waals surface area (Å²) in [5, 5.41) is 8.70. The van der Waals surface area contributed by atoms with Gasteiger partial charge in [-0.2, -0.15) is 5.26 Å². The number of aromatic nitrogens is 2. The standard InChI is InChI=1S/C11H6Cl2N4O2S/c12-8-3-7(4-14)1-2-9(8)20(18,19)17-11-6-15-5-10(13)16-11/h1-3,5-6H,(H,16,17). The molecule has 2 aromatic rings. The molecule has 1 aromatic heterocycles. The number of nitrogens with one attached hydrogen (secondary N) is 1. The molecule has 0 saturated heterocycles. The van der Waals surface area contributed by atoms with Crippen LogP contribution in [-0.4, -0.2) is 18.4 Å². The van der Waals surface area contributed by atoms with E-state index in [1.807, 2.05) is 6.07 Å². The van der Waals surface area contributed by atoms with Crippen LogP contribution in [0.2, 0.25) is 10.2 Å². The molecule has 0 radical (unpaired) electrons. The summed E-state index contributed by atoms with van der Waals surface area (Å²) in [6.45, 7) is 0. The Morgan fingerprint density at radius 3 is 2.60 bits per heavy atom. The second-order valence-corrected chi connectivity index (χ2v) is 6.03. The molecule has 2 rings (SSSR count). The molecule has 1 heterocycles. The zero-order chi connectivity index (χ0) is 14.8. The van der Waals surface area contributed by atoms with Crippen LogP contribution < -0.4 is 4.72 Å². The third-order valence-corrected chi connectivity index (χ3v) is 4.21. The van der Waals surface area contributed by atoms with Gasteiger partial charge in [0.25, 0.3) is 10.0 Å².